The zero-order valence-corrected chi connectivity index (χ0v) is 15.5. The van der Waals surface area contributed by atoms with Gasteiger partial charge in [0, 0.05) is 24.2 Å². The molecular formula is C20H23N3O4. The molecular weight excluding hydrogens is 346 g/mol. The van der Waals surface area contributed by atoms with Crippen molar-refractivity contribution in [1.29, 1.82) is 0 Å². The van der Waals surface area contributed by atoms with E-state index in [1.54, 1.807) is 24.4 Å². The zero-order valence-electron chi connectivity index (χ0n) is 15.5. The van der Waals surface area contributed by atoms with Crippen LogP contribution in [-0.2, 0) is 17.9 Å². The Morgan fingerprint density at radius 2 is 1.93 bits per heavy atom. The number of hydrogen-bond donors (Lipinski definition) is 2. The monoisotopic (exact) mass is 369 g/mol. The summed E-state index contributed by atoms with van der Waals surface area (Å²) < 4.78 is 10.5. The van der Waals surface area contributed by atoms with Gasteiger partial charge in [0.25, 0.3) is 5.91 Å². The van der Waals surface area contributed by atoms with E-state index in [4.69, 9.17) is 9.47 Å². The van der Waals surface area contributed by atoms with Gasteiger partial charge in [-0.25, -0.2) is 0 Å². The minimum Gasteiger partial charge on any atom is -0.454 e. The van der Waals surface area contributed by atoms with Crippen molar-refractivity contribution in [2.75, 3.05) is 6.79 Å². The van der Waals surface area contributed by atoms with E-state index in [2.05, 4.69) is 15.6 Å². The average molecular weight is 369 g/mol. The van der Waals surface area contributed by atoms with Crippen molar-refractivity contribution in [3.05, 3.63) is 53.3 Å². The van der Waals surface area contributed by atoms with Crippen LogP contribution in [0, 0.1) is 5.92 Å². The van der Waals surface area contributed by atoms with Gasteiger partial charge < -0.3 is 20.1 Å². The molecule has 0 bridgehead atoms. The zero-order chi connectivity index (χ0) is 19.2. The lowest BCUT2D eigenvalue weighted by Crippen LogP contribution is -2.28. The number of amides is 2. The summed E-state index contributed by atoms with van der Waals surface area (Å²) in [5, 5.41) is 5.75. The molecule has 0 aliphatic carbocycles. The number of ether oxygens (including phenoxy) is 2. The second-order valence-electron chi connectivity index (χ2n) is 6.43. The van der Waals surface area contributed by atoms with E-state index in [1.165, 1.54) is 0 Å². The SMILES string of the molecule is CCC(C)C(=O)NCc1cc(CNC(=O)c2ccc3c(c2)OCO3)ccn1. The molecule has 7 nitrogen and oxygen atoms in total. The lowest BCUT2D eigenvalue weighted by molar-refractivity contribution is -0.124. The van der Waals surface area contributed by atoms with Crippen LogP contribution in [-0.4, -0.2) is 23.6 Å². The Morgan fingerprint density at radius 1 is 1.11 bits per heavy atom. The van der Waals surface area contributed by atoms with Gasteiger partial charge in [0.2, 0.25) is 12.7 Å². The lowest BCUT2D eigenvalue weighted by Gasteiger charge is -2.10. The van der Waals surface area contributed by atoms with Gasteiger partial charge in [-0.2, -0.15) is 0 Å². The Bertz CT molecular complexity index is 838. The third-order valence-corrected chi connectivity index (χ3v) is 4.47. The fraction of sp³-hybridized carbons (Fsp3) is 0.350. The standard InChI is InChI=1S/C20H23N3O4/c1-3-13(2)19(24)23-11-16-8-14(6-7-21-16)10-22-20(25)15-4-5-17-18(9-15)27-12-26-17/h4-9,13H,3,10-12H2,1-2H3,(H,22,25)(H,23,24). The van der Waals surface area contributed by atoms with Crippen molar-refractivity contribution in [2.45, 2.75) is 33.4 Å². The maximum absolute atomic E-state index is 12.3. The summed E-state index contributed by atoms with van der Waals surface area (Å²) in [6.45, 7) is 4.78. The molecule has 1 aromatic heterocycles. The summed E-state index contributed by atoms with van der Waals surface area (Å²) in [5.74, 6) is 1.02. The Hall–Kier alpha value is -3.09. The molecule has 1 aliphatic heterocycles. The van der Waals surface area contributed by atoms with Crippen LogP contribution in [0.1, 0.15) is 41.9 Å². The summed E-state index contributed by atoms with van der Waals surface area (Å²) in [6, 6.07) is 8.80. The molecule has 0 saturated carbocycles. The Kier molecular flexibility index (Phi) is 5.90. The van der Waals surface area contributed by atoms with Crippen molar-refractivity contribution >= 4 is 11.8 Å². The fourth-order valence-corrected chi connectivity index (χ4v) is 2.59. The molecule has 142 valence electrons. The minimum atomic E-state index is -0.197. The van der Waals surface area contributed by atoms with Crippen molar-refractivity contribution in [3.8, 4) is 11.5 Å². The van der Waals surface area contributed by atoms with Crippen LogP contribution in [0.15, 0.2) is 36.5 Å². The summed E-state index contributed by atoms with van der Waals surface area (Å²) in [6.07, 6.45) is 2.47. The first kappa shape index (κ1) is 18.7. The third-order valence-electron chi connectivity index (χ3n) is 4.47. The van der Waals surface area contributed by atoms with Crippen molar-refractivity contribution in [2.24, 2.45) is 5.92 Å². The lowest BCUT2D eigenvalue weighted by atomic mass is 10.1. The number of hydrogen-bond acceptors (Lipinski definition) is 5. The van der Waals surface area contributed by atoms with E-state index in [0.29, 0.717) is 30.2 Å². The molecule has 3 rings (SSSR count). The molecule has 1 atom stereocenters. The smallest absolute Gasteiger partial charge is 0.251 e. The molecule has 2 heterocycles. The summed E-state index contributed by atoms with van der Waals surface area (Å²) in [7, 11) is 0. The highest BCUT2D eigenvalue weighted by Gasteiger charge is 2.16. The number of benzene rings is 1. The number of fused-ring (bicyclic) bond motifs is 1. The van der Waals surface area contributed by atoms with Gasteiger partial charge in [-0.3, -0.25) is 14.6 Å². The number of nitrogens with zero attached hydrogens (tertiary/aromatic N) is 1. The van der Waals surface area contributed by atoms with Crippen LogP contribution in [0.5, 0.6) is 11.5 Å². The molecule has 7 heteroatoms. The number of nitrogens with one attached hydrogen (secondary N) is 2. The molecule has 0 spiro atoms. The van der Waals surface area contributed by atoms with Gasteiger partial charge in [-0.1, -0.05) is 13.8 Å². The second kappa shape index (κ2) is 8.53. The minimum absolute atomic E-state index is 0.0146. The first-order valence-corrected chi connectivity index (χ1v) is 8.96. The predicted molar refractivity (Wildman–Crippen MR) is 99.3 cm³/mol. The molecule has 0 saturated heterocycles. The predicted octanol–water partition coefficient (Wildman–Crippen LogP) is 2.40. The van der Waals surface area contributed by atoms with Gasteiger partial charge in [-0.05, 0) is 42.3 Å². The van der Waals surface area contributed by atoms with E-state index in [9.17, 15) is 9.59 Å². The highest BCUT2D eigenvalue weighted by atomic mass is 16.7. The van der Waals surface area contributed by atoms with Gasteiger partial charge in [0.15, 0.2) is 11.5 Å². The van der Waals surface area contributed by atoms with Gasteiger partial charge in [0.05, 0.1) is 12.2 Å². The molecule has 1 aliphatic rings. The van der Waals surface area contributed by atoms with Crippen LogP contribution >= 0.6 is 0 Å². The summed E-state index contributed by atoms with van der Waals surface area (Å²) in [4.78, 5) is 28.5. The maximum atomic E-state index is 12.3. The number of aromatic nitrogens is 1. The van der Waals surface area contributed by atoms with Crippen LogP contribution in [0.25, 0.3) is 0 Å². The molecule has 0 fully saturated rings. The van der Waals surface area contributed by atoms with Crippen LogP contribution in [0.2, 0.25) is 0 Å². The van der Waals surface area contributed by atoms with Gasteiger partial charge >= 0.3 is 0 Å². The van der Waals surface area contributed by atoms with Gasteiger partial charge in [-0.15, -0.1) is 0 Å². The number of carbonyl (C=O) groups excluding carboxylic acids is 2. The van der Waals surface area contributed by atoms with E-state index in [-0.39, 0.29) is 24.5 Å². The van der Waals surface area contributed by atoms with E-state index >= 15 is 0 Å². The third kappa shape index (κ3) is 4.75. The Labute approximate surface area is 158 Å². The van der Waals surface area contributed by atoms with Gasteiger partial charge in [0.1, 0.15) is 0 Å². The quantitative estimate of drug-likeness (QED) is 0.782. The van der Waals surface area contributed by atoms with Crippen molar-refractivity contribution < 1.29 is 19.1 Å². The maximum Gasteiger partial charge on any atom is 0.251 e. The normalized spacial score (nSPS) is 13.1. The van der Waals surface area contributed by atoms with Crippen molar-refractivity contribution in [3.63, 3.8) is 0 Å². The molecule has 1 unspecified atom stereocenters. The molecule has 27 heavy (non-hydrogen) atoms. The van der Waals surface area contributed by atoms with E-state index in [1.807, 2.05) is 26.0 Å². The number of pyridine rings is 1. The molecule has 2 amide bonds. The molecule has 2 N–H and O–H groups in total. The summed E-state index contributed by atoms with van der Waals surface area (Å²) in [5.41, 5.74) is 2.17. The van der Waals surface area contributed by atoms with Crippen LogP contribution in [0.3, 0.4) is 0 Å². The van der Waals surface area contributed by atoms with Crippen LogP contribution in [0.4, 0.5) is 0 Å². The van der Waals surface area contributed by atoms with E-state index < -0.39 is 0 Å². The molecule has 2 aromatic rings. The first-order valence-electron chi connectivity index (χ1n) is 8.96. The highest BCUT2D eigenvalue weighted by molar-refractivity contribution is 5.94. The summed E-state index contributed by atoms with van der Waals surface area (Å²) >= 11 is 0. The number of rotatable bonds is 7. The Balaban J connectivity index is 1.55. The fourth-order valence-electron chi connectivity index (χ4n) is 2.59. The largest absolute Gasteiger partial charge is 0.454 e. The number of carbonyl (C=O) groups is 2. The average Bonchev–Trinajstić information content (AvgIpc) is 3.17. The topological polar surface area (TPSA) is 89.6 Å². The Morgan fingerprint density at radius 3 is 2.74 bits per heavy atom. The van der Waals surface area contributed by atoms with E-state index in [0.717, 1.165) is 17.7 Å². The van der Waals surface area contributed by atoms with Crippen molar-refractivity contribution in [1.82, 2.24) is 15.6 Å². The highest BCUT2D eigenvalue weighted by Crippen LogP contribution is 2.32. The molecule has 1 aromatic carbocycles. The molecule has 0 radical (unpaired) electrons. The first-order chi connectivity index (χ1) is 13.1. The second-order valence-corrected chi connectivity index (χ2v) is 6.43. The van der Waals surface area contributed by atoms with Crippen LogP contribution < -0.4 is 20.1 Å².